The van der Waals surface area contributed by atoms with E-state index in [1.54, 1.807) is 0 Å². The summed E-state index contributed by atoms with van der Waals surface area (Å²) >= 11 is 0. The molecule has 1 fully saturated rings. The van der Waals surface area contributed by atoms with Gasteiger partial charge in [0, 0.05) is 29.9 Å². The van der Waals surface area contributed by atoms with Crippen molar-refractivity contribution in [2.24, 2.45) is 5.73 Å². The van der Waals surface area contributed by atoms with Gasteiger partial charge in [-0.2, -0.15) is 4.39 Å². The fourth-order valence-electron chi connectivity index (χ4n) is 1.18. The topological polar surface area (TPSA) is 68.0 Å². The molecule has 14 heavy (non-hydrogen) atoms. The van der Waals surface area contributed by atoms with E-state index < -0.39 is 5.95 Å². The summed E-state index contributed by atoms with van der Waals surface area (Å²) in [5, 5.41) is 2.69. The lowest BCUT2D eigenvalue weighted by Gasteiger charge is -2.02. The molecule has 1 aromatic rings. The summed E-state index contributed by atoms with van der Waals surface area (Å²) in [5.74, 6) is -0.956. The van der Waals surface area contributed by atoms with E-state index in [9.17, 15) is 9.18 Å². The molecule has 0 aromatic carbocycles. The highest BCUT2D eigenvalue weighted by molar-refractivity contribution is 5.94. The van der Waals surface area contributed by atoms with Crippen molar-refractivity contribution in [1.29, 1.82) is 0 Å². The van der Waals surface area contributed by atoms with Crippen molar-refractivity contribution in [3.63, 3.8) is 0 Å². The van der Waals surface area contributed by atoms with E-state index in [0.717, 1.165) is 12.5 Å². The van der Waals surface area contributed by atoms with Crippen LogP contribution in [0.2, 0.25) is 0 Å². The second-order valence-corrected chi connectivity index (χ2v) is 3.35. The van der Waals surface area contributed by atoms with Gasteiger partial charge >= 0.3 is 0 Å². The largest absolute Gasteiger partial charge is 0.348 e. The average molecular weight is 195 g/mol. The van der Waals surface area contributed by atoms with E-state index in [4.69, 9.17) is 5.73 Å². The van der Waals surface area contributed by atoms with Crippen LogP contribution in [-0.2, 0) is 0 Å². The van der Waals surface area contributed by atoms with Gasteiger partial charge in [-0.05, 0) is 12.5 Å². The molecular weight excluding hydrogens is 185 g/mol. The van der Waals surface area contributed by atoms with Crippen LogP contribution in [0.5, 0.6) is 0 Å². The van der Waals surface area contributed by atoms with E-state index >= 15 is 0 Å². The van der Waals surface area contributed by atoms with Crippen LogP contribution in [-0.4, -0.2) is 23.0 Å². The minimum atomic E-state index is -0.655. The van der Waals surface area contributed by atoms with Gasteiger partial charge in [-0.15, -0.1) is 0 Å². The zero-order valence-corrected chi connectivity index (χ0v) is 7.40. The third-order valence-corrected chi connectivity index (χ3v) is 2.15. The number of carbonyl (C=O) groups is 1. The monoisotopic (exact) mass is 195 g/mol. The molecule has 1 saturated carbocycles. The molecule has 0 saturated heterocycles. The molecule has 0 spiro atoms. The Hall–Kier alpha value is -1.49. The minimum Gasteiger partial charge on any atom is -0.348 e. The lowest BCUT2D eigenvalue weighted by Crippen LogP contribution is -2.29. The SMILES string of the molecule is NC1CC1NC(=O)c1ccnc(F)c1. The summed E-state index contributed by atoms with van der Waals surface area (Å²) in [7, 11) is 0. The Labute approximate surface area is 80.3 Å². The lowest BCUT2D eigenvalue weighted by molar-refractivity contribution is 0.0949. The van der Waals surface area contributed by atoms with E-state index in [-0.39, 0.29) is 23.6 Å². The number of halogens is 1. The molecule has 4 nitrogen and oxygen atoms in total. The van der Waals surface area contributed by atoms with E-state index in [1.807, 2.05) is 0 Å². The Morgan fingerprint density at radius 3 is 3.00 bits per heavy atom. The van der Waals surface area contributed by atoms with Gasteiger partial charge < -0.3 is 11.1 Å². The molecule has 1 aromatic heterocycles. The molecule has 2 unspecified atom stereocenters. The highest BCUT2D eigenvalue weighted by Crippen LogP contribution is 2.18. The molecule has 1 aliphatic rings. The van der Waals surface area contributed by atoms with Gasteiger partial charge in [0.2, 0.25) is 5.95 Å². The number of aromatic nitrogens is 1. The number of nitrogens with one attached hydrogen (secondary N) is 1. The molecule has 3 N–H and O–H groups in total. The lowest BCUT2D eigenvalue weighted by atomic mass is 10.2. The first-order chi connectivity index (χ1) is 6.66. The zero-order valence-electron chi connectivity index (χ0n) is 7.40. The van der Waals surface area contributed by atoms with E-state index in [1.165, 1.54) is 12.3 Å². The summed E-state index contributed by atoms with van der Waals surface area (Å²) in [4.78, 5) is 14.8. The normalized spacial score (nSPS) is 24.4. The van der Waals surface area contributed by atoms with Crippen LogP contribution in [0.3, 0.4) is 0 Å². The highest BCUT2D eigenvalue weighted by Gasteiger charge is 2.34. The number of nitrogens with zero attached hydrogens (tertiary/aromatic N) is 1. The number of hydrogen-bond donors (Lipinski definition) is 2. The van der Waals surface area contributed by atoms with Gasteiger partial charge in [-0.1, -0.05) is 0 Å². The van der Waals surface area contributed by atoms with Gasteiger partial charge in [0.05, 0.1) is 0 Å². The molecule has 74 valence electrons. The van der Waals surface area contributed by atoms with E-state index in [2.05, 4.69) is 10.3 Å². The third-order valence-electron chi connectivity index (χ3n) is 2.15. The third kappa shape index (κ3) is 1.88. The summed E-state index contributed by atoms with van der Waals surface area (Å²) < 4.78 is 12.6. The number of carbonyl (C=O) groups excluding carboxylic acids is 1. The fourth-order valence-corrected chi connectivity index (χ4v) is 1.18. The second-order valence-electron chi connectivity index (χ2n) is 3.35. The Bertz CT molecular complexity index is 369. The smallest absolute Gasteiger partial charge is 0.251 e. The molecule has 0 radical (unpaired) electrons. The predicted octanol–water partition coefficient (Wildman–Crippen LogP) is 0.0501. The van der Waals surface area contributed by atoms with Crippen LogP contribution in [0.1, 0.15) is 16.8 Å². The van der Waals surface area contributed by atoms with E-state index in [0.29, 0.717) is 0 Å². The zero-order chi connectivity index (χ0) is 10.1. The Morgan fingerprint density at radius 2 is 2.43 bits per heavy atom. The first-order valence-corrected chi connectivity index (χ1v) is 4.35. The van der Waals surface area contributed by atoms with Gasteiger partial charge in [0.15, 0.2) is 0 Å². The molecule has 1 aliphatic carbocycles. The molecular formula is C9H10FN3O. The predicted molar refractivity (Wildman–Crippen MR) is 48.0 cm³/mol. The number of rotatable bonds is 2. The van der Waals surface area contributed by atoms with Crippen LogP contribution >= 0.6 is 0 Å². The van der Waals surface area contributed by atoms with Crippen molar-refractivity contribution in [2.45, 2.75) is 18.5 Å². The summed E-state index contributed by atoms with van der Waals surface area (Å²) in [5.41, 5.74) is 5.80. The molecule has 2 atom stereocenters. The van der Waals surface area contributed by atoms with Crippen molar-refractivity contribution >= 4 is 5.91 Å². The number of hydrogen-bond acceptors (Lipinski definition) is 3. The number of pyridine rings is 1. The van der Waals surface area contributed by atoms with Crippen LogP contribution in [0.4, 0.5) is 4.39 Å². The second kappa shape index (κ2) is 3.34. The summed E-state index contributed by atoms with van der Waals surface area (Å²) in [6, 6.07) is 2.65. The molecule has 0 bridgehead atoms. The maximum atomic E-state index is 12.6. The quantitative estimate of drug-likeness (QED) is 0.655. The molecule has 2 rings (SSSR count). The maximum Gasteiger partial charge on any atom is 0.251 e. The van der Waals surface area contributed by atoms with Crippen molar-refractivity contribution < 1.29 is 9.18 Å². The Kier molecular flexibility index (Phi) is 2.17. The Balaban J connectivity index is 2.03. The van der Waals surface area contributed by atoms with Gasteiger partial charge in [0.25, 0.3) is 5.91 Å². The molecule has 1 amide bonds. The fraction of sp³-hybridized carbons (Fsp3) is 0.333. The summed E-state index contributed by atoms with van der Waals surface area (Å²) in [6.07, 6.45) is 2.05. The summed E-state index contributed by atoms with van der Waals surface area (Å²) in [6.45, 7) is 0. The Morgan fingerprint density at radius 1 is 1.71 bits per heavy atom. The maximum absolute atomic E-state index is 12.6. The number of nitrogens with two attached hydrogens (primary N) is 1. The van der Waals surface area contributed by atoms with Gasteiger partial charge in [-0.3, -0.25) is 4.79 Å². The molecule has 5 heteroatoms. The first-order valence-electron chi connectivity index (χ1n) is 4.35. The standard InChI is InChI=1S/C9H10FN3O/c10-8-3-5(1-2-12-8)9(14)13-7-4-6(7)11/h1-3,6-7H,4,11H2,(H,13,14). The van der Waals surface area contributed by atoms with Crippen molar-refractivity contribution in [3.05, 3.63) is 29.8 Å². The van der Waals surface area contributed by atoms with Gasteiger partial charge in [-0.25, -0.2) is 4.98 Å². The minimum absolute atomic E-state index is 0.0405. The first kappa shape index (κ1) is 9.08. The van der Waals surface area contributed by atoms with Crippen molar-refractivity contribution in [2.75, 3.05) is 0 Å². The molecule has 0 aliphatic heterocycles. The van der Waals surface area contributed by atoms with Crippen LogP contribution < -0.4 is 11.1 Å². The van der Waals surface area contributed by atoms with Gasteiger partial charge in [0.1, 0.15) is 0 Å². The highest BCUT2D eigenvalue weighted by atomic mass is 19.1. The number of amides is 1. The van der Waals surface area contributed by atoms with Crippen LogP contribution in [0.25, 0.3) is 0 Å². The van der Waals surface area contributed by atoms with Crippen LogP contribution in [0.15, 0.2) is 18.3 Å². The van der Waals surface area contributed by atoms with Crippen molar-refractivity contribution in [3.8, 4) is 0 Å². The van der Waals surface area contributed by atoms with Crippen LogP contribution in [0, 0.1) is 5.95 Å². The molecule has 1 heterocycles. The van der Waals surface area contributed by atoms with Crippen molar-refractivity contribution in [1.82, 2.24) is 10.3 Å². The average Bonchev–Trinajstić information content (AvgIpc) is 2.81.